The van der Waals surface area contributed by atoms with E-state index in [4.69, 9.17) is 5.73 Å². The summed E-state index contributed by atoms with van der Waals surface area (Å²) in [6, 6.07) is 2.14. The minimum Gasteiger partial charge on any atom is -0.393 e. The molecule has 1 aliphatic carbocycles. The monoisotopic (exact) mass is 407 g/mol. The second-order valence-corrected chi connectivity index (χ2v) is 8.85. The number of allylic oxidation sites excluding steroid dienone is 2. The maximum atomic E-state index is 10.7. The Bertz CT molecular complexity index is 669. The van der Waals surface area contributed by atoms with E-state index in [0.717, 1.165) is 19.3 Å². The molecule has 6 heteroatoms. The van der Waals surface area contributed by atoms with Gasteiger partial charge in [-0.1, -0.05) is 24.3 Å². The van der Waals surface area contributed by atoms with Gasteiger partial charge in [0.1, 0.15) is 0 Å². The molecule has 0 bridgehead atoms. The Kier molecular flexibility index (Phi) is 9.38. The van der Waals surface area contributed by atoms with Crippen LogP contribution in [0.5, 0.6) is 0 Å². The van der Waals surface area contributed by atoms with Gasteiger partial charge in [-0.2, -0.15) is 0 Å². The number of amides is 1. The molecule has 0 aromatic carbocycles. The Hall–Kier alpha value is -1.47. The lowest BCUT2D eigenvalue weighted by Gasteiger charge is -2.19. The van der Waals surface area contributed by atoms with Gasteiger partial charge in [0, 0.05) is 23.6 Å². The summed E-state index contributed by atoms with van der Waals surface area (Å²) in [5, 5.41) is 32.9. The zero-order valence-corrected chi connectivity index (χ0v) is 17.4. The Morgan fingerprint density at radius 2 is 2.14 bits per heavy atom. The molecular formula is C22H33NO4S. The van der Waals surface area contributed by atoms with Gasteiger partial charge in [-0.3, -0.25) is 4.79 Å². The van der Waals surface area contributed by atoms with Crippen molar-refractivity contribution in [3.8, 4) is 0 Å². The Labute approximate surface area is 171 Å². The van der Waals surface area contributed by atoms with E-state index in [1.807, 2.05) is 18.2 Å². The van der Waals surface area contributed by atoms with E-state index in [1.54, 1.807) is 17.4 Å². The number of hydrogen-bond donors (Lipinski definition) is 4. The minimum atomic E-state index is -0.591. The second kappa shape index (κ2) is 11.5. The van der Waals surface area contributed by atoms with Crippen molar-refractivity contribution in [1.29, 1.82) is 0 Å². The molecule has 1 aromatic heterocycles. The highest BCUT2D eigenvalue weighted by molar-refractivity contribution is 7.10. The van der Waals surface area contributed by atoms with Crippen LogP contribution in [0.15, 0.2) is 35.8 Å². The van der Waals surface area contributed by atoms with Crippen molar-refractivity contribution in [1.82, 2.24) is 0 Å². The van der Waals surface area contributed by atoms with Crippen LogP contribution in [0.25, 0.3) is 0 Å². The molecular weight excluding hydrogens is 374 g/mol. The Morgan fingerprint density at radius 3 is 2.82 bits per heavy atom. The van der Waals surface area contributed by atoms with Crippen LogP contribution in [0, 0.1) is 18.8 Å². The number of nitrogens with two attached hydrogens (primary N) is 1. The number of thiophene rings is 1. The summed E-state index contributed by atoms with van der Waals surface area (Å²) >= 11 is 1.71. The molecule has 0 radical (unpaired) electrons. The highest BCUT2D eigenvalue weighted by Gasteiger charge is 2.39. The molecule has 1 fully saturated rings. The average Bonchev–Trinajstić information content (AvgIpc) is 3.16. The lowest BCUT2D eigenvalue weighted by atomic mass is 9.89. The number of aliphatic hydroxyl groups excluding tert-OH is 3. The number of primary amides is 1. The van der Waals surface area contributed by atoms with Crippen molar-refractivity contribution in [3.63, 3.8) is 0 Å². The molecule has 1 saturated carbocycles. The summed E-state index contributed by atoms with van der Waals surface area (Å²) < 4.78 is 0. The minimum absolute atomic E-state index is 0.0645. The lowest BCUT2D eigenvalue weighted by Crippen LogP contribution is -2.20. The number of carbonyl (C=O) groups excluding carboxylic acids is 1. The van der Waals surface area contributed by atoms with E-state index in [-0.39, 0.29) is 17.7 Å². The SMILES string of the molecule is Cc1cc(CC[C@H](O)/C=C/[C@@H]2[C@@H](C/C=C\CCCC(N)=O)[C@@H](O)C[C@H]2O)cs1. The topological polar surface area (TPSA) is 104 Å². The summed E-state index contributed by atoms with van der Waals surface area (Å²) in [4.78, 5) is 12.0. The molecule has 5 N–H and O–H groups in total. The predicted octanol–water partition coefficient (Wildman–Crippen LogP) is 2.87. The molecule has 1 aromatic rings. The summed E-state index contributed by atoms with van der Waals surface area (Å²) in [5.41, 5.74) is 6.36. The van der Waals surface area contributed by atoms with Gasteiger partial charge >= 0.3 is 0 Å². The number of carbonyl (C=O) groups is 1. The molecule has 0 saturated heterocycles. The normalized spacial score (nSPS) is 26.4. The molecule has 28 heavy (non-hydrogen) atoms. The van der Waals surface area contributed by atoms with Gasteiger partial charge < -0.3 is 21.1 Å². The van der Waals surface area contributed by atoms with Crippen molar-refractivity contribution < 1.29 is 20.1 Å². The molecule has 0 aliphatic heterocycles. The van der Waals surface area contributed by atoms with E-state index >= 15 is 0 Å². The number of rotatable bonds is 11. The van der Waals surface area contributed by atoms with Gasteiger partial charge in [-0.15, -0.1) is 11.3 Å². The first kappa shape index (κ1) is 22.8. The zero-order valence-electron chi connectivity index (χ0n) is 16.5. The highest BCUT2D eigenvalue weighted by Crippen LogP contribution is 2.36. The smallest absolute Gasteiger partial charge is 0.217 e. The molecule has 2 rings (SSSR count). The van der Waals surface area contributed by atoms with Gasteiger partial charge in [0.15, 0.2) is 0 Å². The molecule has 0 spiro atoms. The molecule has 5 atom stereocenters. The number of aliphatic hydroxyl groups is 3. The van der Waals surface area contributed by atoms with Crippen LogP contribution in [0.1, 0.15) is 49.0 Å². The molecule has 1 aliphatic rings. The second-order valence-electron chi connectivity index (χ2n) is 7.73. The van der Waals surface area contributed by atoms with Crippen LogP contribution in [-0.4, -0.2) is 39.5 Å². The van der Waals surface area contributed by atoms with Crippen molar-refractivity contribution in [2.24, 2.45) is 17.6 Å². The largest absolute Gasteiger partial charge is 0.393 e. The molecule has 1 amide bonds. The molecule has 5 nitrogen and oxygen atoms in total. The van der Waals surface area contributed by atoms with E-state index in [0.29, 0.717) is 25.7 Å². The Balaban J connectivity index is 1.81. The third-order valence-electron chi connectivity index (χ3n) is 5.35. The molecule has 0 unspecified atom stereocenters. The van der Waals surface area contributed by atoms with Gasteiger partial charge in [-0.25, -0.2) is 0 Å². The molecule has 1 heterocycles. The van der Waals surface area contributed by atoms with Gasteiger partial charge in [0.2, 0.25) is 5.91 Å². The lowest BCUT2D eigenvalue weighted by molar-refractivity contribution is -0.118. The van der Waals surface area contributed by atoms with Crippen molar-refractivity contribution in [3.05, 3.63) is 46.2 Å². The fourth-order valence-electron chi connectivity index (χ4n) is 3.77. The first-order valence-electron chi connectivity index (χ1n) is 10.1. The highest BCUT2D eigenvalue weighted by atomic mass is 32.1. The van der Waals surface area contributed by atoms with Gasteiger partial charge in [-0.05, 0) is 62.0 Å². The summed E-state index contributed by atoms with van der Waals surface area (Å²) in [5.74, 6) is -0.519. The van der Waals surface area contributed by atoms with Crippen LogP contribution >= 0.6 is 11.3 Å². The fraction of sp³-hybridized carbons (Fsp3) is 0.591. The van der Waals surface area contributed by atoms with Gasteiger partial charge in [0.05, 0.1) is 18.3 Å². The average molecular weight is 408 g/mol. The Morgan fingerprint density at radius 1 is 1.36 bits per heavy atom. The van der Waals surface area contributed by atoms with E-state index in [2.05, 4.69) is 18.4 Å². The summed E-state index contributed by atoms with van der Waals surface area (Å²) in [7, 11) is 0. The van der Waals surface area contributed by atoms with Crippen LogP contribution < -0.4 is 5.73 Å². The van der Waals surface area contributed by atoms with Crippen molar-refractivity contribution in [2.75, 3.05) is 0 Å². The van der Waals surface area contributed by atoms with Crippen LogP contribution in [0.2, 0.25) is 0 Å². The van der Waals surface area contributed by atoms with Gasteiger partial charge in [0.25, 0.3) is 0 Å². The number of unbranched alkanes of at least 4 members (excludes halogenated alkanes) is 1. The third kappa shape index (κ3) is 7.51. The van der Waals surface area contributed by atoms with E-state index in [9.17, 15) is 20.1 Å². The first-order chi connectivity index (χ1) is 13.4. The quantitative estimate of drug-likeness (QED) is 0.334. The van der Waals surface area contributed by atoms with Crippen LogP contribution in [0.4, 0.5) is 0 Å². The standard InChI is InChI=1S/C22H33NO4S/c1-15-12-16(14-28-15)8-9-17(24)10-11-19-18(20(25)13-21(19)26)6-4-2-3-5-7-22(23)27/h2,4,10-12,14,17-21,24-26H,3,5-9,13H2,1H3,(H2,23,27)/b4-2-,11-10+/t17-,18+,19+,20-,21+/m0/s1. The van der Waals surface area contributed by atoms with E-state index in [1.165, 1.54) is 10.4 Å². The first-order valence-corrected chi connectivity index (χ1v) is 10.9. The summed E-state index contributed by atoms with van der Waals surface area (Å²) in [6.07, 6.45) is 10.3. The zero-order chi connectivity index (χ0) is 20.5. The van der Waals surface area contributed by atoms with E-state index < -0.39 is 18.3 Å². The maximum absolute atomic E-state index is 10.7. The molecule has 156 valence electrons. The summed E-state index contributed by atoms with van der Waals surface area (Å²) in [6.45, 7) is 2.07. The number of hydrogen-bond acceptors (Lipinski definition) is 5. The fourth-order valence-corrected chi connectivity index (χ4v) is 4.51. The van der Waals surface area contributed by atoms with Crippen molar-refractivity contribution >= 4 is 17.2 Å². The predicted molar refractivity (Wildman–Crippen MR) is 113 cm³/mol. The van der Waals surface area contributed by atoms with Crippen LogP contribution in [-0.2, 0) is 11.2 Å². The van der Waals surface area contributed by atoms with Crippen molar-refractivity contribution in [2.45, 2.75) is 70.2 Å². The third-order valence-corrected chi connectivity index (χ3v) is 6.26. The number of aryl methyl sites for hydroxylation is 2. The van der Waals surface area contributed by atoms with Crippen LogP contribution in [0.3, 0.4) is 0 Å². The maximum Gasteiger partial charge on any atom is 0.217 e.